The van der Waals surface area contributed by atoms with Crippen molar-refractivity contribution in [2.24, 2.45) is 11.5 Å². The van der Waals surface area contributed by atoms with Crippen molar-refractivity contribution in [2.45, 2.75) is 18.6 Å². The van der Waals surface area contributed by atoms with Gasteiger partial charge in [0, 0.05) is 6.54 Å². The Balaban J connectivity index is 3.14. The van der Waals surface area contributed by atoms with E-state index in [0.717, 1.165) is 6.42 Å². The first-order valence-corrected chi connectivity index (χ1v) is 4.21. The molecule has 1 atom stereocenters. The Morgan fingerprint density at radius 3 is 2.82 bits per heavy atom. The molecule has 0 saturated carbocycles. The lowest BCUT2D eigenvalue weighted by molar-refractivity contribution is 0.582. The van der Waals surface area contributed by atoms with Crippen LogP contribution in [0, 0.1) is 5.41 Å². The number of guanidine groups is 1. The number of hydrogen-bond donors (Lipinski definition) is 4. The Kier molecular flexibility index (Phi) is 5.70. The van der Waals surface area contributed by atoms with E-state index in [9.17, 15) is 4.57 Å². The molecule has 6 heteroatoms. The minimum Gasteiger partial charge on any atom is -0.370 e. The van der Waals surface area contributed by atoms with Gasteiger partial charge in [-0.2, -0.15) is 0 Å². The number of nitrogens with two attached hydrogens (primary N) is 2. The summed E-state index contributed by atoms with van der Waals surface area (Å²) in [5, 5.41) is 9.42. The molecule has 0 aromatic rings. The Hall–Kier alpha value is -0.670. The van der Waals surface area contributed by atoms with Crippen molar-refractivity contribution in [1.29, 1.82) is 5.41 Å². The molecule has 6 N–H and O–H groups in total. The summed E-state index contributed by atoms with van der Waals surface area (Å²) in [6, 6.07) is 0. The van der Waals surface area contributed by atoms with Gasteiger partial charge in [-0.1, -0.05) is 0 Å². The summed E-state index contributed by atoms with van der Waals surface area (Å²) in [6.45, 7) is 0.610. The molecule has 0 bridgehead atoms. The predicted molar refractivity (Wildman–Crippen MR) is 44.7 cm³/mol. The number of nitrogens with one attached hydrogen (secondary N) is 2. The second-order valence-electron chi connectivity index (χ2n) is 2.16. The average Bonchev–Trinajstić information content (AvgIpc) is 1.97. The summed E-state index contributed by atoms with van der Waals surface area (Å²) in [5.41, 5.74) is 10.4. The van der Waals surface area contributed by atoms with Crippen molar-refractivity contribution >= 4 is 14.4 Å². The van der Waals surface area contributed by atoms with Crippen LogP contribution in [-0.2, 0) is 4.57 Å². The first-order valence-electron chi connectivity index (χ1n) is 3.32. The normalized spacial score (nSPS) is 12.8. The molecule has 0 aliphatic carbocycles. The van der Waals surface area contributed by atoms with E-state index in [2.05, 4.69) is 5.32 Å². The molecule has 0 radical (unpaired) electrons. The highest BCUT2D eigenvalue weighted by Crippen LogP contribution is 2.05. The lowest BCUT2D eigenvalue weighted by atomic mass is 10.3. The van der Waals surface area contributed by atoms with Crippen LogP contribution in [-0.4, -0.2) is 18.3 Å². The quantitative estimate of drug-likeness (QED) is 0.202. The highest BCUT2D eigenvalue weighted by atomic mass is 31.1. The molecule has 0 amide bonds. The molecular formula is C5H13N4OP. The summed E-state index contributed by atoms with van der Waals surface area (Å²) < 4.78 is 10.1. The van der Waals surface area contributed by atoms with E-state index in [-0.39, 0.29) is 20.2 Å². The molecule has 64 valence electrons. The second kappa shape index (κ2) is 6.07. The maximum atomic E-state index is 10.1. The monoisotopic (exact) mass is 176 g/mol. The third-order valence-corrected chi connectivity index (χ3v) is 1.66. The van der Waals surface area contributed by atoms with Gasteiger partial charge in [0.25, 0.3) is 0 Å². The van der Waals surface area contributed by atoms with Gasteiger partial charge in [0.2, 0.25) is 0 Å². The molecule has 0 heterocycles. The third-order valence-electron chi connectivity index (χ3n) is 1.13. The molecule has 0 aromatic carbocycles. The fourth-order valence-electron chi connectivity index (χ4n) is 0.587. The third kappa shape index (κ3) is 7.22. The van der Waals surface area contributed by atoms with Crippen LogP contribution in [0.4, 0.5) is 0 Å². The summed E-state index contributed by atoms with van der Waals surface area (Å²) in [5.74, 6) is -0.331. The van der Waals surface area contributed by atoms with Gasteiger partial charge in [0.15, 0.2) is 14.4 Å². The zero-order valence-electron chi connectivity index (χ0n) is 6.21. The van der Waals surface area contributed by atoms with E-state index in [1.807, 2.05) is 0 Å². The van der Waals surface area contributed by atoms with Crippen LogP contribution in [0.3, 0.4) is 0 Å². The molecule has 0 aliphatic rings. The fraction of sp³-hybridized carbons (Fsp3) is 0.800. The smallest absolute Gasteiger partial charge is 0.185 e. The lowest BCUT2D eigenvalue weighted by Gasteiger charge is -2.03. The van der Waals surface area contributed by atoms with E-state index in [1.165, 1.54) is 0 Å². The van der Waals surface area contributed by atoms with Gasteiger partial charge < -0.3 is 16.8 Å². The molecule has 0 spiro atoms. The van der Waals surface area contributed by atoms with Crippen LogP contribution >= 0.6 is 8.46 Å². The Labute approximate surface area is 67.2 Å². The molecule has 0 saturated heterocycles. The molecule has 0 fully saturated rings. The lowest BCUT2D eigenvalue weighted by Crippen LogP contribution is -2.31. The van der Waals surface area contributed by atoms with E-state index >= 15 is 0 Å². The standard InChI is InChI=1S/C5H13N4OP/c6-4(11-10)2-1-3-9-5(7)8/h4H,1-3,6H2,(H4,7,8,9). The highest BCUT2D eigenvalue weighted by molar-refractivity contribution is 7.24. The van der Waals surface area contributed by atoms with Gasteiger partial charge in [-0.15, -0.1) is 0 Å². The minimum absolute atomic E-state index is 0.0245. The van der Waals surface area contributed by atoms with Crippen LogP contribution in [0.5, 0.6) is 0 Å². The molecule has 0 rings (SSSR count). The first kappa shape index (κ1) is 10.3. The van der Waals surface area contributed by atoms with Crippen LogP contribution in [0.15, 0.2) is 0 Å². The Bertz CT molecular complexity index is 140. The molecular weight excluding hydrogens is 163 g/mol. The topological polar surface area (TPSA) is 105 Å². The van der Waals surface area contributed by atoms with E-state index in [1.54, 1.807) is 0 Å². The molecule has 1 unspecified atom stereocenters. The molecule has 0 aliphatic heterocycles. The van der Waals surface area contributed by atoms with Gasteiger partial charge in [0.05, 0.1) is 5.78 Å². The predicted octanol–water partition coefficient (Wildman–Crippen LogP) is -0.174. The largest absolute Gasteiger partial charge is 0.370 e. The Morgan fingerprint density at radius 1 is 1.73 bits per heavy atom. The summed E-state index contributed by atoms with van der Waals surface area (Å²) in [7, 11) is -0.0245. The maximum absolute atomic E-state index is 10.1. The SMILES string of the molecule is N=C(N)NCCCC(N)P=O. The number of hydrogen-bond acceptors (Lipinski definition) is 3. The number of rotatable bonds is 5. The maximum Gasteiger partial charge on any atom is 0.185 e. The van der Waals surface area contributed by atoms with Crippen molar-refractivity contribution in [3.05, 3.63) is 0 Å². The van der Waals surface area contributed by atoms with Crippen LogP contribution in [0.25, 0.3) is 0 Å². The Morgan fingerprint density at radius 2 is 2.36 bits per heavy atom. The molecule has 11 heavy (non-hydrogen) atoms. The second-order valence-corrected chi connectivity index (χ2v) is 3.03. The summed E-state index contributed by atoms with van der Waals surface area (Å²) >= 11 is 0. The molecule has 0 aromatic heterocycles. The van der Waals surface area contributed by atoms with Crippen molar-refractivity contribution in [1.82, 2.24) is 5.32 Å². The fourth-order valence-corrected chi connectivity index (χ4v) is 0.875. The van der Waals surface area contributed by atoms with E-state index in [0.29, 0.717) is 13.0 Å². The first-order chi connectivity index (χ1) is 5.16. The van der Waals surface area contributed by atoms with Gasteiger partial charge in [-0.05, 0) is 12.8 Å². The van der Waals surface area contributed by atoms with Gasteiger partial charge in [-0.3, -0.25) is 9.97 Å². The van der Waals surface area contributed by atoms with Gasteiger partial charge in [-0.25, -0.2) is 0 Å². The van der Waals surface area contributed by atoms with Crippen LogP contribution < -0.4 is 16.8 Å². The van der Waals surface area contributed by atoms with Crippen molar-refractivity contribution in [2.75, 3.05) is 6.54 Å². The summed E-state index contributed by atoms with van der Waals surface area (Å²) in [4.78, 5) is 0. The van der Waals surface area contributed by atoms with Crippen molar-refractivity contribution in [3.63, 3.8) is 0 Å². The molecule has 5 nitrogen and oxygen atoms in total. The van der Waals surface area contributed by atoms with E-state index < -0.39 is 0 Å². The van der Waals surface area contributed by atoms with E-state index in [4.69, 9.17) is 16.9 Å². The average molecular weight is 176 g/mol. The van der Waals surface area contributed by atoms with Crippen LogP contribution in [0.2, 0.25) is 0 Å². The zero-order chi connectivity index (χ0) is 8.69. The summed E-state index contributed by atoms with van der Waals surface area (Å²) in [6.07, 6.45) is 1.45. The van der Waals surface area contributed by atoms with Crippen LogP contribution in [0.1, 0.15) is 12.8 Å². The van der Waals surface area contributed by atoms with Crippen molar-refractivity contribution < 1.29 is 4.57 Å². The zero-order valence-corrected chi connectivity index (χ0v) is 7.10. The minimum atomic E-state index is -0.288. The van der Waals surface area contributed by atoms with Gasteiger partial charge >= 0.3 is 0 Å². The van der Waals surface area contributed by atoms with Crippen molar-refractivity contribution in [3.8, 4) is 0 Å². The highest BCUT2D eigenvalue weighted by Gasteiger charge is 1.99. The van der Waals surface area contributed by atoms with Gasteiger partial charge in [0.1, 0.15) is 0 Å².